The van der Waals surface area contributed by atoms with Crippen LogP contribution in [0.25, 0.3) is 0 Å². The van der Waals surface area contributed by atoms with Gasteiger partial charge in [0.25, 0.3) is 0 Å². The molecule has 134 valence electrons. The molecule has 1 aromatic carbocycles. The van der Waals surface area contributed by atoms with E-state index in [-0.39, 0.29) is 23.8 Å². The number of carbonyl (C=O) groups excluding carboxylic acids is 1. The molecular weight excluding hydrogens is 323 g/mol. The smallest absolute Gasteiger partial charge is 0.245 e. The molecule has 1 aliphatic heterocycles. The number of aromatic nitrogens is 4. The third-order valence-corrected chi connectivity index (χ3v) is 4.69. The number of rotatable bonds is 5. The fourth-order valence-corrected chi connectivity index (χ4v) is 3.18. The molecule has 0 spiro atoms. The third kappa shape index (κ3) is 4.19. The molecule has 2 aromatic rings. The Kier molecular flexibility index (Phi) is 5.37. The maximum atomic E-state index is 13.1. The number of aryl methyl sites for hydroxylation is 1. The predicted octanol–water partition coefficient (Wildman–Crippen LogP) is 1.16. The van der Waals surface area contributed by atoms with Crippen molar-refractivity contribution in [3.05, 3.63) is 41.5 Å². The third-order valence-electron chi connectivity index (χ3n) is 4.69. The van der Waals surface area contributed by atoms with Gasteiger partial charge in [-0.25, -0.2) is 9.07 Å². The first-order chi connectivity index (χ1) is 12.0. The van der Waals surface area contributed by atoms with Gasteiger partial charge in [0.1, 0.15) is 17.7 Å². The number of halogens is 1. The molecule has 3 unspecified atom stereocenters. The molecule has 0 bridgehead atoms. The van der Waals surface area contributed by atoms with Crippen LogP contribution in [0, 0.1) is 12.7 Å². The highest BCUT2D eigenvalue weighted by Crippen LogP contribution is 2.17. The number of nitrogens with one attached hydrogen (secondary N) is 2. The van der Waals surface area contributed by atoms with E-state index in [0.29, 0.717) is 12.2 Å². The first kappa shape index (κ1) is 17.5. The molecule has 0 radical (unpaired) electrons. The first-order valence-corrected chi connectivity index (χ1v) is 8.57. The van der Waals surface area contributed by atoms with Crippen LogP contribution in [-0.2, 0) is 11.2 Å². The summed E-state index contributed by atoms with van der Waals surface area (Å²) in [4.78, 5) is 12.9. The van der Waals surface area contributed by atoms with Gasteiger partial charge in [-0.2, -0.15) is 0 Å². The molecule has 0 saturated carbocycles. The van der Waals surface area contributed by atoms with Crippen LogP contribution in [0.5, 0.6) is 0 Å². The highest BCUT2D eigenvalue weighted by Gasteiger charge is 2.29. The van der Waals surface area contributed by atoms with Crippen molar-refractivity contribution in [1.82, 2.24) is 30.8 Å². The molecule has 1 fully saturated rings. The Labute approximate surface area is 146 Å². The van der Waals surface area contributed by atoms with Crippen molar-refractivity contribution in [1.29, 1.82) is 0 Å². The largest absolute Gasteiger partial charge is 0.350 e. The number of benzene rings is 1. The maximum absolute atomic E-state index is 13.1. The van der Waals surface area contributed by atoms with Crippen LogP contribution in [0.3, 0.4) is 0 Å². The molecule has 8 heteroatoms. The molecule has 1 amide bonds. The second-order valence-corrected chi connectivity index (χ2v) is 6.52. The van der Waals surface area contributed by atoms with Crippen molar-refractivity contribution in [3.63, 3.8) is 0 Å². The predicted molar refractivity (Wildman–Crippen MR) is 90.3 cm³/mol. The van der Waals surface area contributed by atoms with Crippen LogP contribution < -0.4 is 10.6 Å². The lowest BCUT2D eigenvalue weighted by molar-refractivity contribution is -0.125. The molecular formula is C17H23FN6O. The van der Waals surface area contributed by atoms with Gasteiger partial charge in [-0.1, -0.05) is 12.1 Å². The number of nitrogens with zero attached hydrogens (tertiary/aromatic N) is 4. The average molecular weight is 346 g/mol. The maximum Gasteiger partial charge on any atom is 0.245 e. The SMILES string of the molecule is Cc1nnnn1C(Cc1ccc(F)cc1)C(=O)NC1CCCNC1C. The van der Waals surface area contributed by atoms with Crippen molar-refractivity contribution in [3.8, 4) is 0 Å². The zero-order valence-corrected chi connectivity index (χ0v) is 14.4. The molecule has 3 atom stereocenters. The molecule has 0 aliphatic carbocycles. The van der Waals surface area contributed by atoms with E-state index in [1.807, 2.05) is 0 Å². The number of hydrogen-bond donors (Lipinski definition) is 2. The summed E-state index contributed by atoms with van der Waals surface area (Å²) in [6, 6.07) is 5.87. The van der Waals surface area contributed by atoms with Crippen molar-refractivity contribution in [2.45, 2.75) is 51.2 Å². The quantitative estimate of drug-likeness (QED) is 0.849. The normalized spacial score (nSPS) is 21.7. The van der Waals surface area contributed by atoms with Crippen molar-refractivity contribution < 1.29 is 9.18 Å². The second kappa shape index (κ2) is 7.69. The van der Waals surface area contributed by atoms with Crippen molar-refractivity contribution >= 4 is 5.91 Å². The monoisotopic (exact) mass is 346 g/mol. The molecule has 1 aromatic heterocycles. The van der Waals surface area contributed by atoms with E-state index in [9.17, 15) is 9.18 Å². The molecule has 1 aliphatic rings. The summed E-state index contributed by atoms with van der Waals surface area (Å²) in [5, 5.41) is 18.0. The van der Waals surface area contributed by atoms with E-state index < -0.39 is 6.04 Å². The standard InChI is InChI=1S/C17H23FN6O/c1-11-15(4-3-9-19-11)20-17(25)16(24-12(2)21-22-23-24)10-13-5-7-14(18)8-6-13/h5-8,11,15-16,19H,3-4,9-10H2,1-2H3,(H,20,25). The number of piperidine rings is 1. The number of tetrazole rings is 1. The fourth-order valence-electron chi connectivity index (χ4n) is 3.18. The van der Waals surface area contributed by atoms with E-state index in [1.165, 1.54) is 16.8 Å². The Balaban J connectivity index is 1.79. The zero-order valence-electron chi connectivity index (χ0n) is 14.4. The summed E-state index contributed by atoms with van der Waals surface area (Å²) in [5.74, 6) is 0.141. The minimum absolute atomic E-state index is 0.0776. The summed E-state index contributed by atoms with van der Waals surface area (Å²) < 4.78 is 14.7. The molecule has 1 saturated heterocycles. The summed E-state index contributed by atoms with van der Waals surface area (Å²) in [7, 11) is 0. The zero-order chi connectivity index (χ0) is 17.8. The van der Waals surface area contributed by atoms with Gasteiger partial charge < -0.3 is 10.6 Å². The van der Waals surface area contributed by atoms with Gasteiger partial charge in [0.2, 0.25) is 5.91 Å². The summed E-state index contributed by atoms with van der Waals surface area (Å²) in [6.07, 6.45) is 2.37. The second-order valence-electron chi connectivity index (χ2n) is 6.52. The molecule has 7 nitrogen and oxygen atoms in total. The van der Waals surface area contributed by atoms with Gasteiger partial charge in [0.05, 0.1) is 0 Å². The van der Waals surface area contributed by atoms with Gasteiger partial charge in [-0.05, 0) is 61.4 Å². The van der Waals surface area contributed by atoms with Gasteiger partial charge in [0.15, 0.2) is 0 Å². The number of amides is 1. The fraction of sp³-hybridized carbons (Fsp3) is 0.529. The van der Waals surface area contributed by atoms with Crippen molar-refractivity contribution in [2.24, 2.45) is 0 Å². The minimum Gasteiger partial charge on any atom is -0.350 e. The van der Waals surface area contributed by atoms with Crippen LogP contribution in [0.1, 0.15) is 37.2 Å². The van der Waals surface area contributed by atoms with E-state index in [4.69, 9.17) is 0 Å². The average Bonchev–Trinajstić information content (AvgIpc) is 3.02. The van der Waals surface area contributed by atoms with Crippen LogP contribution in [0.2, 0.25) is 0 Å². The highest BCUT2D eigenvalue weighted by molar-refractivity contribution is 5.81. The Morgan fingerprint density at radius 2 is 2.20 bits per heavy atom. The Bertz CT molecular complexity index is 716. The molecule has 2 heterocycles. The summed E-state index contributed by atoms with van der Waals surface area (Å²) in [5.41, 5.74) is 0.853. The van der Waals surface area contributed by atoms with Crippen molar-refractivity contribution in [2.75, 3.05) is 6.54 Å². The number of hydrogen-bond acceptors (Lipinski definition) is 5. The Morgan fingerprint density at radius 1 is 1.44 bits per heavy atom. The highest BCUT2D eigenvalue weighted by atomic mass is 19.1. The van der Waals surface area contributed by atoms with Gasteiger partial charge in [-0.15, -0.1) is 5.10 Å². The van der Waals surface area contributed by atoms with Crippen LogP contribution in [0.15, 0.2) is 24.3 Å². The molecule has 2 N–H and O–H groups in total. The van der Waals surface area contributed by atoms with Crippen LogP contribution in [0.4, 0.5) is 4.39 Å². The van der Waals surface area contributed by atoms with E-state index >= 15 is 0 Å². The topological polar surface area (TPSA) is 84.7 Å². The summed E-state index contributed by atoms with van der Waals surface area (Å²) in [6.45, 7) is 4.80. The van der Waals surface area contributed by atoms with Crippen LogP contribution >= 0.6 is 0 Å². The Morgan fingerprint density at radius 3 is 2.84 bits per heavy atom. The number of carbonyl (C=O) groups is 1. The molecule has 25 heavy (non-hydrogen) atoms. The van der Waals surface area contributed by atoms with Gasteiger partial charge >= 0.3 is 0 Å². The van der Waals surface area contributed by atoms with E-state index in [0.717, 1.165) is 24.9 Å². The first-order valence-electron chi connectivity index (χ1n) is 8.57. The lowest BCUT2D eigenvalue weighted by Crippen LogP contribution is -2.53. The van der Waals surface area contributed by atoms with Gasteiger partial charge in [-0.3, -0.25) is 4.79 Å². The minimum atomic E-state index is -0.574. The van der Waals surface area contributed by atoms with E-state index in [2.05, 4.69) is 33.1 Å². The molecule has 3 rings (SSSR count). The van der Waals surface area contributed by atoms with Crippen LogP contribution in [-0.4, -0.2) is 44.7 Å². The van der Waals surface area contributed by atoms with E-state index in [1.54, 1.807) is 19.1 Å². The lowest BCUT2D eigenvalue weighted by atomic mass is 9.98. The Hall–Kier alpha value is -2.35. The lowest BCUT2D eigenvalue weighted by Gasteiger charge is -2.32. The van der Waals surface area contributed by atoms with Gasteiger partial charge in [0, 0.05) is 18.5 Å². The summed E-state index contributed by atoms with van der Waals surface area (Å²) >= 11 is 0.